The van der Waals surface area contributed by atoms with Gasteiger partial charge in [0.2, 0.25) is 5.91 Å². The quantitative estimate of drug-likeness (QED) is 0.633. The second-order valence-electron chi connectivity index (χ2n) is 8.02. The van der Waals surface area contributed by atoms with Gasteiger partial charge in [-0.05, 0) is 31.9 Å². The molecular formula is C23H32N4O5. The number of carbonyl (C=O) groups is 2. The number of nitrogens with zero attached hydrogens (tertiary/aromatic N) is 3. The molecule has 3 rings (SSSR count). The number of carbonyl (C=O) groups excluding carboxylic acids is 2. The predicted molar refractivity (Wildman–Crippen MR) is 119 cm³/mol. The van der Waals surface area contributed by atoms with Crippen LogP contribution in [0.1, 0.15) is 33.6 Å². The molecule has 1 N–H and O–H groups in total. The Kier molecular flexibility index (Phi) is 8.38. The summed E-state index contributed by atoms with van der Waals surface area (Å²) in [6.07, 6.45) is 0.174. The number of ether oxygens (including phenoxy) is 2. The first kappa shape index (κ1) is 23.9. The molecule has 1 aliphatic heterocycles. The lowest BCUT2D eigenvalue weighted by Gasteiger charge is -2.27. The fraction of sp³-hybridized carbons (Fsp3) is 0.522. The Hall–Kier alpha value is -2.75. The van der Waals surface area contributed by atoms with Gasteiger partial charge in [0, 0.05) is 51.3 Å². The third-order valence-electron chi connectivity index (χ3n) is 5.41. The lowest BCUT2D eigenvalue weighted by Crippen LogP contribution is -2.49. The van der Waals surface area contributed by atoms with Crippen LogP contribution in [-0.4, -0.2) is 80.0 Å². The van der Waals surface area contributed by atoms with Crippen molar-refractivity contribution in [2.45, 2.75) is 27.2 Å². The van der Waals surface area contributed by atoms with E-state index in [0.717, 1.165) is 16.7 Å². The lowest BCUT2D eigenvalue weighted by atomic mass is 9.98. The topological polar surface area (TPSA) is 97.1 Å². The maximum atomic E-state index is 13.1. The fourth-order valence-corrected chi connectivity index (χ4v) is 3.88. The molecule has 1 aromatic carbocycles. The fourth-order valence-electron chi connectivity index (χ4n) is 3.88. The molecule has 0 saturated carbocycles. The number of hydrogen-bond donors (Lipinski definition) is 1. The molecular weight excluding hydrogens is 412 g/mol. The highest BCUT2D eigenvalue weighted by Crippen LogP contribution is 2.29. The van der Waals surface area contributed by atoms with E-state index in [-0.39, 0.29) is 30.5 Å². The van der Waals surface area contributed by atoms with Crippen LogP contribution in [0.4, 0.5) is 0 Å². The van der Waals surface area contributed by atoms with E-state index >= 15 is 0 Å². The van der Waals surface area contributed by atoms with Crippen LogP contribution in [0.2, 0.25) is 0 Å². The van der Waals surface area contributed by atoms with Gasteiger partial charge in [-0.25, -0.2) is 5.01 Å². The van der Waals surface area contributed by atoms with E-state index in [4.69, 9.17) is 14.0 Å². The van der Waals surface area contributed by atoms with Gasteiger partial charge in [0.05, 0.1) is 19.8 Å². The molecule has 174 valence electrons. The van der Waals surface area contributed by atoms with Crippen LogP contribution in [0.3, 0.4) is 0 Å². The molecule has 1 fully saturated rings. The average Bonchev–Trinajstić information content (AvgIpc) is 3.23. The Bertz CT molecular complexity index is 913. The van der Waals surface area contributed by atoms with E-state index in [2.05, 4.69) is 22.7 Å². The van der Waals surface area contributed by atoms with Crippen LogP contribution in [0, 0.1) is 20.8 Å². The molecule has 9 heteroatoms. The van der Waals surface area contributed by atoms with Gasteiger partial charge in [0.25, 0.3) is 5.91 Å². The number of methoxy groups -OCH3 is 1. The largest absolute Gasteiger partial charge is 0.383 e. The molecule has 1 aromatic heterocycles. The van der Waals surface area contributed by atoms with Gasteiger partial charge >= 0.3 is 0 Å². The first-order valence-corrected chi connectivity index (χ1v) is 10.8. The minimum atomic E-state index is -0.293. The van der Waals surface area contributed by atoms with Crippen molar-refractivity contribution in [3.63, 3.8) is 0 Å². The monoisotopic (exact) mass is 444 g/mol. The van der Waals surface area contributed by atoms with Gasteiger partial charge in [-0.1, -0.05) is 22.9 Å². The van der Waals surface area contributed by atoms with Crippen LogP contribution in [0.25, 0.3) is 11.3 Å². The summed E-state index contributed by atoms with van der Waals surface area (Å²) in [5, 5.41) is 5.85. The number of benzene rings is 1. The maximum absolute atomic E-state index is 13.1. The summed E-state index contributed by atoms with van der Waals surface area (Å²) in [6.45, 7) is 9.51. The number of morpholine rings is 1. The molecule has 0 atom stereocenters. The van der Waals surface area contributed by atoms with Crippen LogP contribution >= 0.6 is 0 Å². The Balaban J connectivity index is 1.67. The molecule has 32 heavy (non-hydrogen) atoms. The first-order chi connectivity index (χ1) is 15.4. The standard InChI is InChI=1S/C23H32N4O5/c1-16-13-17(2)22(18(3)14-16)20-15-19(25-32-20)23(29)26(7-10-30-4)6-5-21(28)24-27-8-11-31-12-9-27/h13-15H,5-12H2,1-4H3,(H,24,28). The summed E-state index contributed by atoms with van der Waals surface area (Å²) >= 11 is 0. The van der Waals surface area contributed by atoms with E-state index in [1.54, 1.807) is 18.1 Å². The Morgan fingerprint density at radius 2 is 1.81 bits per heavy atom. The van der Waals surface area contributed by atoms with Crippen molar-refractivity contribution in [1.82, 2.24) is 20.5 Å². The summed E-state index contributed by atoms with van der Waals surface area (Å²) in [4.78, 5) is 27.0. The van der Waals surface area contributed by atoms with Crippen molar-refractivity contribution >= 4 is 11.8 Å². The maximum Gasteiger partial charge on any atom is 0.276 e. The van der Waals surface area contributed by atoms with Gasteiger partial charge in [-0.2, -0.15) is 0 Å². The Morgan fingerprint density at radius 1 is 1.12 bits per heavy atom. The van der Waals surface area contributed by atoms with Crippen molar-refractivity contribution in [3.8, 4) is 11.3 Å². The van der Waals surface area contributed by atoms with E-state index in [0.29, 0.717) is 45.2 Å². The van der Waals surface area contributed by atoms with Crippen molar-refractivity contribution in [2.75, 3.05) is 53.1 Å². The molecule has 0 aliphatic carbocycles. The minimum absolute atomic E-state index is 0.145. The molecule has 9 nitrogen and oxygen atoms in total. The van der Waals surface area contributed by atoms with Crippen molar-refractivity contribution < 1.29 is 23.6 Å². The number of aromatic nitrogens is 1. The predicted octanol–water partition coefficient (Wildman–Crippen LogP) is 2.11. The normalized spacial score (nSPS) is 14.4. The second-order valence-corrected chi connectivity index (χ2v) is 8.02. The van der Waals surface area contributed by atoms with Gasteiger partial charge in [-0.3, -0.25) is 15.0 Å². The number of rotatable bonds is 9. The summed E-state index contributed by atoms with van der Waals surface area (Å²) < 4.78 is 16.0. The highest BCUT2D eigenvalue weighted by Gasteiger charge is 2.23. The number of nitrogens with one attached hydrogen (secondary N) is 1. The van der Waals surface area contributed by atoms with Crippen molar-refractivity contribution in [2.24, 2.45) is 0 Å². The molecule has 0 radical (unpaired) electrons. The highest BCUT2D eigenvalue weighted by atomic mass is 16.5. The first-order valence-electron chi connectivity index (χ1n) is 10.8. The summed E-state index contributed by atoms with van der Waals surface area (Å²) in [5.74, 6) is 0.118. The third kappa shape index (κ3) is 6.15. The lowest BCUT2D eigenvalue weighted by molar-refractivity contribution is -0.128. The van der Waals surface area contributed by atoms with Crippen LogP contribution in [-0.2, 0) is 14.3 Å². The van der Waals surface area contributed by atoms with E-state index < -0.39 is 0 Å². The molecule has 0 unspecified atom stereocenters. The minimum Gasteiger partial charge on any atom is -0.383 e. The van der Waals surface area contributed by atoms with E-state index in [1.807, 2.05) is 25.8 Å². The van der Waals surface area contributed by atoms with Gasteiger partial charge in [0.15, 0.2) is 11.5 Å². The number of amides is 2. The molecule has 0 bridgehead atoms. The summed E-state index contributed by atoms with van der Waals surface area (Å²) in [7, 11) is 1.57. The van der Waals surface area contributed by atoms with Gasteiger partial charge < -0.3 is 18.9 Å². The number of hydrogen-bond acceptors (Lipinski definition) is 7. The average molecular weight is 445 g/mol. The zero-order chi connectivity index (χ0) is 23.1. The SMILES string of the molecule is COCCN(CCC(=O)NN1CCOCC1)C(=O)c1cc(-c2c(C)cc(C)cc2C)on1. The van der Waals surface area contributed by atoms with Crippen molar-refractivity contribution in [1.29, 1.82) is 0 Å². The molecule has 0 spiro atoms. The third-order valence-corrected chi connectivity index (χ3v) is 5.41. The van der Waals surface area contributed by atoms with E-state index in [1.165, 1.54) is 5.56 Å². The number of aryl methyl sites for hydroxylation is 3. The molecule has 1 aliphatic rings. The summed E-state index contributed by atoms with van der Waals surface area (Å²) in [6, 6.07) is 5.81. The van der Waals surface area contributed by atoms with Crippen LogP contribution in [0.15, 0.2) is 22.7 Å². The highest BCUT2D eigenvalue weighted by molar-refractivity contribution is 5.93. The molecule has 2 aromatic rings. The molecule has 2 amide bonds. The Labute approximate surface area is 188 Å². The second kappa shape index (κ2) is 11.2. The Morgan fingerprint density at radius 3 is 2.47 bits per heavy atom. The zero-order valence-electron chi connectivity index (χ0n) is 19.3. The van der Waals surface area contributed by atoms with Crippen LogP contribution in [0.5, 0.6) is 0 Å². The zero-order valence-corrected chi connectivity index (χ0v) is 19.3. The van der Waals surface area contributed by atoms with Gasteiger partial charge in [-0.15, -0.1) is 0 Å². The van der Waals surface area contributed by atoms with Crippen LogP contribution < -0.4 is 5.43 Å². The van der Waals surface area contributed by atoms with Gasteiger partial charge in [0.1, 0.15) is 0 Å². The smallest absolute Gasteiger partial charge is 0.276 e. The summed E-state index contributed by atoms with van der Waals surface area (Å²) in [5.41, 5.74) is 7.31. The number of hydrazine groups is 1. The molecule has 2 heterocycles. The van der Waals surface area contributed by atoms with E-state index in [9.17, 15) is 9.59 Å². The van der Waals surface area contributed by atoms with Crippen molar-refractivity contribution in [3.05, 3.63) is 40.6 Å². The molecule has 1 saturated heterocycles.